The number of hydrogen-bond donors (Lipinski definition) is 1. The fourth-order valence-corrected chi connectivity index (χ4v) is 2.58. The predicted molar refractivity (Wildman–Crippen MR) is 94.5 cm³/mol. The zero-order valence-corrected chi connectivity index (χ0v) is 14.1. The van der Waals surface area contributed by atoms with Crippen molar-refractivity contribution in [2.45, 2.75) is 33.3 Å². The number of fused-ring (bicyclic) bond motifs is 1. The van der Waals surface area contributed by atoms with E-state index in [0.29, 0.717) is 11.4 Å². The second kappa shape index (κ2) is 6.74. The van der Waals surface area contributed by atoms with Gasteiger partial charge in [0.2, 0.25) is 5.91 Å². The van der Waals surface area contributed by atoms with Gasteiger partial charge in [-0.05, 0) is 44.5 Å². The average Bonchev–Trinajstić information content (AvgIpc) is 2.92. The van der Waals surface area contributed by atoms with Crippen molar-refractivity contribution in [3.63, 3.8) is 0 Å². The van der Waals surface area contributed by atoms with E-state index < -0.39 is 0 Å². The summed E-state index contributed by atoms with van der Waals surface area (Å²) in [5, 5.41) is 2.91. The van der Waals surface area contributed by atoms with Crippen LogP contribution in [-0.2, 0) is 11.2 Å². The minimum atomic E-state index is -0.115. The molecule has 0 bridgehead atoms. The highest BCUT2D eigenvalue weighted by molar-refractivity contribution is 5.93. The van der Waals surface area contributed by atoms with Gasteiger partial charge in [0.05, 0.1) is 23.9 Å². The number of nitrogens with zero attached hydrogens (tertiary/aromatic N) is 2. The highest BCUT2D eigenvalue weighted by atomic mass is 16.5. The van der Waals surface area contributed by atoms with E-state index in [4.69, 9.17) is 4.74 Å². The third-order valence-electron chi connectivity index (χ3n) is 3.59. The van der Waals surface area contributed by atoms with Gasteiger partial charge in [-0.2, -0.15) is 0 Å². The van der Waals surface area contributed by atoms with Crippen molar-refractivity contribution in [3.05, 3.63) is 60.0 Å². The maximum Gasteiger partial charge on any atom is 0.230 e. The molecule has 5 heteroatoms. The molecule has 1 aromatic carbocycles. The summed E-state index contributed by atoms with van der Waals surface area (Å²) in [5.74, 6) is 0.558. The molecule has 2 heterocycles. The van der Waals surface area contributed by atoms with Crippen LogP contribution >= 0.6 is 0 Å². The number of hydrogen-bond acceptors (Lipinski definition) is 3. The number of pyridine rings is 1. The maximum absolute atomic E-state index is 12.4. The Morgan fingerprint density at radius 3 is 2.79 bits per heavy atom. The molecule has 24 heavy (non-hydrogen) atoms. The molecule has 0 aliphatic rings. The number of aromatic nitrogens is 2. The second-order valence-electron chi connectivity index (χ2n) is 6.04. The summed E-state index contributed by atoms with van der Waals surface area (Å²) in [6.45, 7) is 5.92. The molecule has 0 saturated carbocycles. The Balaban J connectivity index is 1.74. The van der Waals surface area contributed by atoms with Crippen molar-refractivity contribution < 1.29 is 9.53 Å². The van der Waals surface area contributed by atoms with E-state index in [1.807, 2.05) is 74.0 Å². The van der Waals surface area contributed by atoms with Crippen LogP contribution in [0.2, 0.25) is 0 Å². The normalized spacial score (nSPS) is 11.0. The Hall–Kier alpha value is -2.82. The number of para-hydroxylation sites is 2. The number of benzene rings is 1. The van der Waals surface area contributed by atoms with Gasteiger partial charge < -0.3 is 14.5 Å². The zero-order chi connectivity index (χ0) is 17.1. The first-order chi connectivity index (χ1) is 11.5. The van der Waals surface area contributed by atoms with Crippen LogP contribution in [0.3, 0.4) is 0 Å². The Kier molecular flexibility index (Phi) is 4.51. The van der Waals surface area contributed by atoms with Crippen LogP contribution in [0.4, 0.5) is 5.69 Å². The number of rotatable bonds is 5. The molecule has 3 aromatic rings. The van der Waals surface area contributed by atoms with E-state index in [9.17, 15) is 4.79 Å². The van der Waals surface area contributed by atoms with Gasteiger partial charge in [-0.1, -0.05) is 18.2 Å². The third-order valence-corrected chi connectivity index (χ3v) is 3.59. The van der Waals surface area contributed by atoms with Crippen LogP contribution in [0.15, 0.2) is 48.8 Å². The molecule has 3 rings (SSSR count). The van der Waals surface area contributed by atoms with Crippen LogP contribution in [0.5, 0.6) is 5.75 Å². The number of amides is 1. The molecule has 0 unspecified atom stereocenters. The van der Waals surface area contributed by atoms with Crippen molar-refractivity contribution in [3.8, 4) is 5.75 Å². The number of nitrogens with one attached hydrogen (secondary N) is 1. The summed E-state index contributed by atoms with van der Waals surface area (Å²) in [4.78, 5) is 16.9. The second-order valence-corrected chi connectivity index (χ2v) is 6.04. The van der Waals surface area contributed by atoms with Crippen molar-refractivity contribution in [1.29, 1.82) is 0 Å². The smallest absolute Gasteiger partial charge is 0.230 e. The van der Waals surface area contributed by atoms with E-state index in [-0.39, 0.29) is 18.4 Å². The summed E-state index contributed by atoms with van der Waals surface area (Å²) in [6, 6.07) is 11.4. The van der Waals surface area contributed by atoms with Crippen LogP contribution in [-0.4, -0.2) is 21.4 Å². The van der Waals surface area contributed by atoms with E-state index in [2.05, 4.69) is 10.3 Å². The van der Waals surface area contributed by atoms with Gasteiger partial charge in [-0.3, -0.25) is 4.79 Å². The highest BCUT2D eigenvalue weighted by Gasteiger charge is 2.12. The first kappa shape index (κ1) is 16.1. The molecule has 0 saturated heterocycles. The van der Waals surface area contributed by atoms with Crippen molar-refractivity contribution in [2.75, 3.05) is 5.32 Å². The molecular formula is C19H21N3O2. The lowest BCUT2D eigenvalue weighted by molar-refractivity contribution is -0.115. The van der Waals surface area contributed by atoms with E-state index in [0.717, 1.165) is 16.9 Å². The first-order valence-corrected chi connectivity index (χ1v) is 8.01. The Labute approximate surface area is 141 Å². The number of imidazole rings is 1. The molecule has 1 N–H and O–H groups in total. The van der Waals surface area contributed by atoms with E-state index in [1.165, 1.54) is 0 Å². The molecule has 0 aliphatic heterocycles. The molecule has 2 aromatic heterocycles. The molecule has 1 amide bonds. The number of carbonyl (C=O) groups excluding carboxylic acids is 1. The lowest BCUT2D eigenvalue weighted by atomic mass is 10.2. The Morgan fingerprint density at radius 1 is 1.25 bits per heavy atom. The minimum Gasteiger partial charge on any atom is -0.489 e. The van der Waals surface area contributed by atoms with Gasteiger partial charge in [-0.25, -0.2) is 4.98 Å². The predicted octanol–water partition coefficient (Wildman–Crippen LogP) is 3.61. The molecule has 5 nitrogen and oxygen atoms in total. The van der Waals surface area contributed by atoms with Gasteiger partial charge in [0.1, 0.15) is 11.4 Å². The van der Waals surface area contributed by atoms with Gasteiger partial charge in [-0.15, -0.1) is 0 Å². The SMILES string of the molecule is Cc1cccn2cc(CC(=O)Nc3ccccc3OC(C)C)nc12. The summed E-state index contributed by atoms with van der Waals surface area (Å²) in [5.41, 5.74) is 3.38. The average molecular weight is 323 g/mol. The number of ether oxygens (including phenoxy) is 1. The number of aryl methyl sites for hydroxylation is 1. The molecule has 124 valence electrons. The lowest BCUT2D eigenvalue weighted by Gasteiger charge is -2.14. The largest absolute Gasteiger partial charge is 0.489 e. The summed E-state index contributed by atoms with van der Waals surface area (Å²) >= 11 is 0. The van der Waals surface area contributed by atoms with Crippen LogP contribution in [0, 0.1) is 6.92 Å². The van der Waals surface area contributed by atoms with E-state index in [1.54, 1.807) is 0 Å². The van der Waals surface area contributed by atoms with Crippen LogP contribution in [0.25, 0.3) is 5.65 Å². The lowest BCUT2D eigenvalue weighted by Crippen LogP contribution is -2.16. The maximum atomic E-state index is 12.4. The monoisotopic (exact) mass is 323 g/mol. The van der Waals surface area contributed by atoms with Gasteiger partial charge in [0, 0.05) is 12.4 Å². The first-order valence-electron chi connectivity index (χ1n) is 8.01. The zero-order valence-electron chi connectivity index (χ0n) is 14.1. The Bertz CT molecular complexity index is 868. The number of anilines is 1. The highest BCUT2D eigenvalue weighted by Crippen LogP contribution is 2.25. The van der Waals surface area contributed by atoms with Crippen LogP contribution in [0.1, 0.15) is 25.1 Å². The molecule has 0 radical (unpaired) electrons. The molecule has 0 spiro atoms. The Morgan fingerprint density at radius 2 is 2.04 bits per heavy atom. The van der Waals surface area contributed by atoms with Crippen molar-refractivity contribution in [2.24, 2.45) is 0 Å². The van der Waals surface area contributed by atoms with Gasteiger partial charge >= 0.3 is 0 Å². The summed E-state index contributed by atoms with van der Waals surface area (Å²) < 4.78 is 7.66. The van der Waals surface area contributed by atoms with Crippen LogP contribution < -0.4 is 10.1 Å². The summed E-state index contributed by atoms with van der Waals surface area (Å²) in [6.07, 6.45) is 4.09. The van der Waals surface area contributed by atoms with Crippen molar-refractivity contribution >= 4 is 17.2 Å². The fourth-order valence-electron chi connectivity index (χ4n) is 2.58. The van der Waals surface area contributed by atoms with E-state index >= 15 is 0 Å². The minimum absolute atomic E-state index is 0.0458. The molecule has 0 aliphatic carbocycles. The summed E-state index contributed by atoms with van der Waals surface area (Å²) in [7, 11) is 0. The third kappa shape index (κ3) is 3.56. The van der Waals surface area contributed by atoms with Gasteiger partial charge in [0.15, 0.2) is 0 Å². The molecule has 0 atom stereocenters. The van der Waals surface area contributed by atoms with Gasteiger partial charge in [0.25, 0.3) is 0 Å². The molecule has 0 fully saturated rings. The topological polar surface area (TPSA) is 55.6 Å². The number of carbonyl (C=O) groups is 1. The quantitative estimate of drug-likeness (QED) is 0.780. The molecular weight excluding hydrogens is 302 g/mol. The van der Waals surface area contributed by atoms with Crippen molar-refractivity contribution in [1.82, 2.24) is 9.38 Å². The standard InChI is InChI=1S/C19H21N3O2/c1-13(2)24-17-9-5-4-8-16(17)21-18(23)11-15-12-22-10-6-7-14(3)19(22)20-15/h4-10,12-13H,11H2,1-3H3,(H,21,23). The fraction of sp³-hybridized carbons (Fsp3) is 0.263.